The molecule has 2 aromatic carbocycles. The Labute approximate surface area is 153 Å². The third-order valence-electron chi connectivity index (χ3n) is 3.35. The fraction of sp³-hybridized carbons (Fsp3) is 0.158. The summed E-state index contributed by atoms with van der Waals surface area (Å²) in [7, 11) is 0. The Morgan fingerprint density at radius 2 is 1.74 bits per heavy atom. The maximum atomic E-state index is 13.5. The molecule has 2 amide bonds. The van der Waals surface area contributed by atoms with Crippen LogP contribution in [0.5, 0.6) is 5.75 Å². The van der Waals surface area contributed by atoms with E-state index in [2.05, 4.69) is 10.6 Å². The first-order chi connectivity index (χ1) is 12.9. The van der Waals surface area contributed by atoms with Gasteiger partial charge in [-0.25, -0.2) is 13.2 Å². The Bertz CT molecular complexity index is 852. The Morgan fingerprint density at radius 1 is 1.04 bits per heavy atom. The Morgan fingerprint density at radius 3 is 2.41 bits per heavy atom. The molecular weight excluding hydrogens is 361 g/mol. The van der Waals surface area contributed by atoms with Gasteiger partial charge in [-0.2, -0.15) is 0 Å². The van der Waals surface area contributed by atoms with Crippen LogP contribution in [0.15, 0.2) is 42.5 Å². The van der Waals surface area contributed by atoms with Crippen molar-refractivity contribution in [3.8, 4) is 5.75 Å². The summed E-state index contributed by atoms with van der Waals surface area (Å²) >= 11 is 0. The third-order valence-corrected chi connectivity index (χ3v) is 3.35. The van der Waals surface area contributed by atoms with E-state index < -0.39 is 41.5 Å². The van der Waals surface area contributed by atoms with Gasteiger partial charge in [0.05, 0.1) is 18.8 Å². The summed E-state index contributed by atoms with van der Waals surface area (Å²) in [6, 6.07) is 8.60. The third kappa shape index (κ3) is 5.88. The van der Waals surface area contributed by atoms with Crippen LogP contribution < -0.4 is 15.4 Å². The van der Waals surface area contributed by atoms with Crippen LogP contribution in [0.2, 0.25) is 0 Å². The molecule has 27 heavy (non-hydrogen) atoms. The van der Waals surface area contributed by atoms with E-state index >= 15 is 0 Å². The SMILES string of the molecule is CCOc1ccc(/C=C/C(=O)NCC(=O)Nc2ccc(F)c(F)c2F)cc1. The van der Waals surface area contributed by atoms with Gasteiger partial charge in [-0.1, -0.05) is 12.1 Å². The van der Waals surface area contributed by atoms with E-state index in [9.17, 15) is 22.8 Å². The zero-order valence-electron chi connectivity index (χ0n) is 14.4. The molecule has 0 heterocycles. The zero-order chi connectivity index (χ0) is 19.8. The quantitative estimate of drug-likeness (QED) is 0.574. The first-order valence-electron chi connectivity index (χ1n) is 8.02. The maximum absolute atomic E-state index is 13.5. The molecule has 0 radical (unpaired) electrons. The highest BCUT2D eigenvalue weighted by molar-refractivity contribution is 5.98. The summed E-state index contributed by atoms with van der Waals surface area (Å²) in [4.78, 5) is 23.4. The first kappa shape index (κ1) is 20.0. The molecule has 2 aromatic rings. The molecule has 0 saturated carbocycles. The van der Waals surface area contributed by atoms with Crippen molar-refractivity contribution in [3.05, 3.63) is 65.5 Å². The van der Waals surface area contributed by atoms with Crippen LogP contribution >= 0.6 is 0 Å². The number of amides is 2. The molecule has 0 bridgehead atoms. The maximum Gasteiger partial charge on any atom is 0.244 e. The minimum atomic E-state index is -1.69. The van der Waals surface area contributed by atoms with Gasteiger partial charge in [0.15, 0.2) is 17.5 Å². The van der Waals surface area contributed by atoms with Crippen molar-refractivity contribution in [1.82, 2.24) is 5.32 Å². The van der Waals surface area contributed by atoms with Gasteiger partial charge in [0, 0.05) is 6.08 Å². The molecule has 142 valence electrons. The molecule has 0 aliphatic rings. The Hall–Kier alpha value is -3.29. The van der Waals surface area contributed by atoms with Crippen molar-refractivity contribution in [2.24, 2.45) is 0 Å². The normalized spacial score (nSPS) is 10.7. The highest BCUT2D eigenvalue weighted by atomic mass is 19.2. The summed E-state index contributed by atoms with van der Waals surface area (Å²) < 4.78 is 44.7. The molecule has 2 N–H and O–H groups in total. The van der Waals surface area contributed by atoms with Crippen LogP contribution in [-0.2, 0) is 9.59 Å². The van der Waals surface area contributed by atoms with Crippen LogP contribution in [0.1, 0.15) is 12.5 Å². The second-order valence-corrected chi connectivity index (χ2v) is 5.32. The van der Waals surface area contributed by atoms with Crippen molar-refractivity contribution in [3.63, 3.8) is 0 Å². The number of anilines is 1. The van der Waals surface area contributed by atoms with Crippen molar-refractivity contribution >= 4 is 23.6 Å². The predicted octanol–water partition coefficient (Wildman–Crippen LogP) is 3.27. The van der Waals surface area contributed by atoms with Crippen LogP contribution in [-0.4, -0.2) is 25.0 Å². The summed E-state index contributed by atoms with van der Waals surface area (Å²) in [6.45, 7) is 1.95. The summed E-state index contributed by atoms with van der Waals surface area (Å²) in [5.74, 6) is -5.19. The lowest BCUT2D eigenvalue weighted by Gasteiger charge is -2.07. The molecule has 8 heteroatoms. The van der Waals surface area contributed by atoms with Crippen LogP contribution in [0.4, 0.5) is 18.9 Å². The van der Waals surface area contributed by atoms with Crippen molar-refractivity contribution < 1.29 is 27.5 Å². The largest absolute Gasteiger partial charge is 0.494 e. The minimum absolute atomic E-state index is 0.467. The number of nitrogens with one attached hydrogen (secondary N) is 2. The number of carbonyl (C=O) groups is 2. The lowest BCUT2D eigenvalue weighted by atomic mass is 10.2. The van der Waals surface area contributed by atoms with Crippen LogP contribution in [0.3, 0.4) is 0 Å². The topological polar surface area (TPSA) is 67.4 Å². The second kappa shape index (κ2) is 9.42. The number of hydrogen-bond acceptors (Lipinski definition) is 3. The van der Waals surface area contributed by atoms with Crippen LogP contribution in [0.25, 0.3) is 6.08 Å². The number of rotatable bonds is 7. The van der Waals surface area contributed by atoms with Gasteiger partial charge in [0.2, 0.25) is 11.8 Å². The monoisotopic (exact) mass is 378 g/mol. The lowest BCUT2D eigenvalue weighted by Crippen LogP contribution is -2.32. The van der Waals surface area contributed by atoms with Gasteiger partial charge < -0.3 is 15.4 Å². The van der Waals surface area contributed by atoms with E-state index in [0.29, 0.717) is 18.4 Å². The molecule has 0 fully saturated rings. The molecule has 0 aromatic heterocycles. The van der Waals surface area contributed by atoms with Crippen molar-refractivity contribution in [2.75, 3.05) is 18.5 Å². The fourth-order valence-corrected chi connectivity index (χ4v) is 2.06. The molecule has 0 spiro atoms. The number of ether oxygens (including phenoxy) is 1. The first-order valence-corrected chi connectivity index (χ1v) is 8.02. The number of carbonyl (C=O) groups excluding carboxylic acids is 2. The van der Waals surface area contributed by atoms with Gasteiger partial charge in [-0.3, -0.25) is 9.59 Å². The average molecular weight is 378 g/mol. The number of hydrogen-bond donors (Lipinski definition) is 2. The van der Waals surface area contributed by atoms with E-state index in [1.54, 1.807) is 24.3 Å². The van der Waals surface area contributed by atoms with Crippen molar-refractivity contribution in [2.45, 2.75) is 6.92 Å². The average Bonchev–Trinajstić information content (AvgIpc) is 2.66. The molecule has 0 aliphatic carbocycles. The molecular formula is C19H17F3N2O3. The van der Waals surface area contributed by atoms with E-state index in [0.717, 1.165) is 11.6 Å². The Kier molecular flexibility index (Phi) is 6.99. The highest BCUT2D eigenvalue weighted by Gasteiger charge is 2.15. The standard InChI is InChI=1S/C19H17F3N2O3/c1-2-27-13-6-3-12(4-7-13)5-10-16(25)23-11-17(26)24-15-9-8-14(20)18(21)19(15)22/h3-10H,2,11H2,1H3,(H,23,25)(H,24,26)/b10-5+. The van der Waals surface area contributed by atoms with Crippen LogP contribution in [0, 0.1) is 17.5 Å². The molecule has 2 rings (SSSR count). The van der Waals surface area contributed by atoms with Gasteiger partial charge in [0.25, 0.3) is 0 Å². The lowest BCUT2D eigenvalue weighted by molar-refractivity contribution is -0.121. The minimum Gasteiger partial charge on any atom is -0.494 e. The predicted molar refractivity (Wildman–Crippen MR) is 94.6 cm³/mol. The number of benzene rings is 2. The second-order valence-electron chi connectivity index (χ2n) is 5.32. The summed E-state index contributed by atoms with van der Waals surface area (Å²) in [5.41, 5.74) is 0.236. The van der Waals surface area contributed by atoms with Gasteiger partial charge in [-0.15, -0.1) is 0 Å². The molecule has 5 nitrogen and oxygen atoms in total. The highest BCUT2D eigenvalue weighted by Crippen LogP contribution is 2.19. The van der Waals surface area contributed by atoms with E-state index in [-0.39, 0.29) is 0 Å². The van der Waals surface area contributed by atoms with Gasteiger partial charge in [-0.05, 0) is 42.8 Å². The zero-order valence-corrected chi connectivity index (χ0v) is 14.4. The molecule has 0 aliphatic heterocycles. The molecule has 0 atom stereocenters. The number of halogens is 3. The fourth-order valence-electron chi connectivity index (χ4n) is 2.06. The van der Waals surface area contributed by atoms with E-state index in [4.69, 9.17) is 4.74 Å². The summed E-state index contributed by atoms with van der Waals surface area (Å²) in [5, 5.41) is 4.35. The van der Waals surface area contributed by atoms with E-state index in [1.807, 2.05) is 6.92 Å². The molecule has 0 unspecified atom stereocenters. The van der Waals surface area contributed by atoms with E-state index in [1.165, 1.54) is 12.2 Å². The summed E-state index contributed by atoms with van der Waals surface area (Å²) in [6.07, 6.45) is 2.76. The Balaban J connectivity index is 1.84. The van der Waals surface area contributed by atoms with Gasteiger partial charge in [0.1, 0.15) is 5.75 Å². The van der Waals surface area contributed by atoms with Gasteiger partial charge >= 0.3 is 0 Å². The molecule has 0 saturated heterocycles. The van der Waals surface area contributed by atoms with Crippen molar-refractivity contribution in [1.29, 1.82) is 0 Å². The smallest absolute Gasteiger partial charge is 0.244 e.